The van der Waals surface area contributed by atoms with Crippen LogP contribution in [0.4, 0.5) is 0 Å². The first-order valence-electron chi connectivity index (χ1n) is 14.6. The van der Waals surface area contributed by atoms with Crippen molar-refractivity contribution < 1.29 is 19.5 Å². The number of nitrogens with zero attached hydrogens (tertiary/aromatic N) is 2. The van der Waals surface area contributed by atoms with Gasteiger partial charge in [0.1, 0.15) is 0 Å². The number of H-pyrrole nitrogens is 1. The molecule has 212 valence electrons. The van der Waals surface area contributed by atoms with Crippen molar-refractivity contribution in [2.24, 2.45) is 5.92 Å². The minimum absolute atomic E-state index is 0.0266. The molecule has 8 heteroatoms. The molecule has 7 rings (SSSR count). The normalized spacial score (nSPS) is 19.2. The van der Waals surface area contributed by atoms with Crippen molar-refractivity contribution in [1.82, 2.24) is 20.4 Å². The maximum Gasteiger partial charge on any atom is 0.335 e. The van der Waals surface area contributed by atoms with Crippen molar-refractivity contribution in [2.45, 2.75) is 50.6 Å². The Kier molecular flexibility index (Phi) is 6.61. The van der Waals surface area contributed by atoms with Crippen LogP contribution in [0.1, 0.15) is 79.8 Å². The van der Waals surface area contributed by atoms with E-state index >= 15 is 0 Å². The van der Waals surface area contributed by atoms with Crippen LogP contribution < -0.4 is 5.32 Å². The molecule has 0 bridgehead atoms. The Morgan fingerprint density at radius 2 is 1.83 bits per heavy atom. The highest BCUT2D eigenvalue weighted by Gasteiger charge is 2.43. The number of rotatable bonds is 8. The van der Waals surface area contributed by atoms with Crippen molar-refractivity contribution in [3.05, 3.63) is 112 Å². The van der Waals surface area contributed by atoms with E-state index in [2.05, 4.69) is 27.6 Å². The molecule has 0 saturated heterocycles. The first kappa shape index (κ1) is 26.2. The lowest BCUT2D eigenvalue weighted by molar-refractivity contribution is -0.122. The number of benzene rings is 3. The molecule has 0 radical (unpaired) electrons. The van der Waals surface area contributed by atoms with E-state index in [1.54, 1.807) is 24.4 Å². The van der Waals surface area contributed by atoms with Crippen LogP contribution in [0.15, 0.2) is 72.9 Å². The topological polar surface area (TPSA) is 115 Å². The van der Waals surface area contributed by atoms with Gasteiger partial charge in [-0.3, -0.25) is 14.7 Å². The van der Waals surface area contributed by atoms with Crippen LogP contribution in [-0.4, -0.2) is 44.5 Å². The summed E-state index contributed by atoms with van der Waals surface area (Å²) in [6.07, 6.45) is 5.26. The zero-order chi connectivity index (χ0) is 28.8. The fourth-order valence-electron chi connectivity index (χ4n) is 6.36. The third-order valence-corrected chi connectivity index (χ3v) is 8.91. The zero-order valence-electron chi connectivity index (χ0n) is 23.2. The summed E-state index contributed by atoms with van der Waals surface area (Å²) in [6.45, 7) is 1.33. The lowest BCUT2D eigenvalue weighted by Gasteiger charge is -2.32. The second kappa shape index (κ2) is 10.6. The van der Waals surface area contributed by atoms with E-state index in [1.807, 2.05) is 41.3 Å². The van der Waals surface area contributed by atoms with Crippen LogP contribution in [0.2, 0.25) is 0 Å². The van der Waals surface area contributed by atoms with Crippen molar-refractivity contribution >= 4 is 17.8 Å². The molecule has 2 aliphatic carbocycles. The molecule has 8 nitrogen and oxygen atoms in total. The molecular weight excluding hydrogens is 528 g/mol. The molecule has 0 spiro atoms. The van der Waals surface area contributed by atoms with E-state index in [-0.39, 0.29) is 29.2 Å². The van der Waals surface area contributed by atoms with Crippen LogP contribution in [0.5, 0.6) is 0 Å². The van der Waals surface area contributed by atoms with Gasteiger partial charge in [-0.05, 0) is 77.1 Å². The number of aromatic amines is 1. The van der Waals surface area contributed by atoms with E-state index in [4.69, 9.17) is 0 Å². The van der Waals surface area contributed by atoms with Gasteiger partial charge in [-0.25, -0.2) is 4.79 Å². The second-order valence-corrected chi connectivity index (χ2v) is 11.6. The Balaban J connectivity index is 1.17. The standard InChI is InChI=1S/C34H32N4O4/c39-32(28-16-27(28)20-5-2-1-3-6-20)35-17-24-11-12-25(22-7-4-8-23(15-22)34(41)42)26-13-14-38(19-30(24)26)33(40)29-18-36-37-31(29)21-9-10-21/h1-8,11-12,15,18,21,27-28H,9-10,13-14,16-17,19H2,(H,35,39)(H,36,37)(H,41,42)/t27-,28+/m1/s1. The summed E-state index contributed by atoms with van der Waals surface area (Å²) in [5.41, 5.74) is 7.87. The average molecular weight is 561 g/mol. The number of carboxylic acid groups (broad SMARTS) is 1. The van der Waals surface area contributed by atoms with Crippen LogP contribution in [-0.2, 0) is 24.3 Å². The van der Waals surface area contributed by atoms with Gasteiger partial charge in [0.25, 0.3) is 5.91 Å². The minimum atomic E-state index is -0.970. The van der Waals surface area contributed by atoms with E-state index in [0.29, 0.717) is 37.5 Å². The highest BCUT2D eigenvalue weighted by molar-refractivity contribution is 5.96. The second-order valence-electron chi connectivity index (χ2n) is 11.6. The molecule has 3 aromatic carbocycles. The van der Waals surface area contributed by atoms with Gasteiger partial charge in [0.2, 0.25) is 5.91 Å². The largest absolute Gasteiger partial charge is 0.478 e. The number of hydrogen-bond donors (Lipinski definition) is 3. The van der Waals surface area contributed by atoms with Crippen molar-refractivity contribution in [3.8, 4) is 11.1 Å². The van der Waals surface area contributed by atoms with Crippen molar-refractivity contribution in [3.63, 3.8) is 0 Å². The average Bonchev–Trinajstić information content (AvgIpc) is 3.97. The quantitative estimate of drug-likeness (QED) is 0.272. The van der Waals surface area contributed by atoms with Gasteiger partial charge in [-0.2, -0.15) is 5.10 Å². The Bertz CT molecular complexity index is 1690. The van der Waals surface area contributed by atoms with Gasteiger partial charge in [0.15, 0.2) is 0 Å². The highest BCUT2D eigenvalue weighted by atomic mass is 16.4. The summed E-state index contributed by atoms with van der Waals surface area (Å²) >= 11 is 0. The fourth-order valence-corrected chi connectivity index (χ4v) is 6.36. The smallest absolute Gasteiger partial charge is 0.335 e. The number of fused-ring (bicyclic) bond motifs is 1. The molecule has 3 aliphatic rings. The number of carboxylic acids is 1. The summed E-state index contributed by atoms with van der Waals surface area (Å²) in [7, 11) is 0. The van der Waals surface area contributed by atoms with Crippen LogP contribution in [0, 0.1) is 5.92 Å². The van der Waals surface area contributed by atoms with Gasteiger partial charge >= 0.3 is 5.97 Å². The molecule has 1 aromatic heterocycles. The number of aromatic carboxylic acids is 1. The van der Waals surface area contributed by atoms with Gasteiger partial charge in [0.05, 0.1) is 23.0 Å². The van der Waals surface area contributed by atoms with Gasteiger partial charge in [0, 0.05) is 31.5 Å². The number of nitrogens with one attached hydrogen (secondary N) is 2. The Labute approximate surface area is 243 Å². The van der Waals surface area contributed by atoms with E-state index in [1.165, 1.54) is 5.56 Å². The molecular formula is C34H32N4O4. The third kappa shape index (κ3) is 4.98. The number of carbonyl (C=O) groups excluding carboxylic acids is 2. The third-order valence-electron chi connectivity index (χ3n) is 8.91. The molecule has 0 unspecified atom stereocenters. The minimum Gasteiger partial charge on any atom is -0.478 e. The molecule has 3 N–H and O–H groups in total. The summed E-state index contributed by atoms with van der Waals surface area (Å²) in [5, 5.41) is 19.9. The number of carbonyl (C=O) groups is 3. The SMILES string of the molecule is O=C(O)c1cccc(-c2ccc(CNC(=O)[C@H]3C[C@@H]3c3ccccc3)c3c2CCN(C(=O)c2cn[nH]c2C2CC2)C3)c1. The summed E-state index contributed by atoms with van der Waals surface area (Å²) in [6, 6.07) is 21.1. The molecule has 1 aliphatic heterocycles. The fraction of sp³-hybridized carbons (Fsp3) is 0.294. The zero-order valence-corrected chi connectivity index (χ0v) is 23.2. The van der Waals surface area contributed by atoms with Gasteiger partial charge < -0.3 is 15.3 Å². The van der Waals surface area contributed by atoms with Gasteiger partial charge in [-0.1, -0.05) is 54.6 Å². The highest BCUT2D eigenvalue weighted by Crippen LogP contribution is 2.47. The summed E-state index contributed by atoms with van der Waals surface area (Å²) in [5.74, 6) is -0.346. The molecule has 2 saturated carbocycles. The Morgan fingerprint density at radius 3 is 2.62 bits per heavy atom. The van der Waals surface area contributed by atoms with Crippen molar-refractivity contribution in [1.29, 1.82) is 0 Å². The van der Waals surface area contributed by atoms with Crippen LogP contribution in [0.25, 0.3) is 11.1 Å². The van der Waals surface area contributed by atoms with Crippen molar-refractivity contribution in [2.75, 3.05) is 6.54 Å². The van der Waals surface area contributed by atoms with Gasteiger partial charge in [-0.15, -0.1) is 0 Å². The molecule has 2 atom stereocenters. The Hall–Kier alpha value is -4.72. The maximum absolute atomic E-state index is 13.7. The first-order chi connectivity index (χ1) is 20.5. The molecule has 42 heavy (non-hydrogen) atoms. The predicted molar refractivity (Wildman–Crippen MR) is 157 cm³/mol. The Morgan fingerprint density at radius 1 is 1.00 bits per heavy atom. The van der Waals surface area contributed by atoms with Crippen LogP contribution in [0.3, 0.4) is 0 Å². The monoisotopic (exact) mass is 560 g/mol. The van der Waals surface area contributed by atoms with E-state index in [9.17, 15) is 19.5 Å². The lowest BCUT2D eigenvalue weighted by atomic mass is 9.87. The number of aromatic nitrogens is 2. The summed E-state index contributed by atoms with van der Waals surface area (Å²) < 4.78 is 0. The first-order valence-corrected chi connectivity index (χ1v) is 14.6. The number of hydrogen-bond acceptors (Lipinski definition) is 4. The molecule has 2 fully saturated rings. The summed E-state index contributed by atoms with van der Waals surface area (Å²) in [4.78, 5) is 40.3. The van der Waals surface area contributed by atoms with E-state index < -0.39 is 5.97 Å². The molecule has 2 heterocycles. The number of amides is 2. The maximum atomic E-state index is 13.7. The lowest BCUT2D eigenvalue weighted by Crippen LogP contribution is -2.37. The predicted octanol–water partition coefficient (Wildman–Crippen LogP) is 5.27. The molecule has 4 aromatic rings. The van der Waals surface area contributed by atoms with E-state index in [0.717, 1.165) is 52.8 Å². The molecule has 2 amide bonds. The van der Waals surface area contributed by atoms with Crippen LogP contribution >= 0.6 is 0 Å².